The molecule has 1 aliphatic rings. The number of para-hydroxylation sites is 1. The summed E-state index contributed by atoms with van der Waals surface area (Å²) in [5.74, 6) is 2.79. The fourth-order valence-electron chi connectivity index (χ4n) is 4.76. The van der Waals surface area contributed by atoms with Crippen LogP contribution in [0.1, 0.15) is 43.0 Å². The molecule has 6 nitrogen and oxygen atoms in total. The standard InChI is InChI=1S/C28H32N4O2S/c1-17(2)34-24-15-20(19-11-13-29-14-12-19)9-10-22(24)31-28-30-16-25-27(32-28)26(18(3)35-25)21-7-5-6-8-23(21)33-4/h5-10,15-17,19,29H,11-14H2,1-4H3,(H,30,31,32). The summed E-state index contributed by atoms with van der Waals surface area (Å²) in [6, 6.07) is 14.6. The monoisotopic (exact) mass is 488 g/mol. The zero-order chi connectivity index (χ0) is 24.4. The summed E-state index contributed by atoms with van der Waals surface area (Å²) >= 11 is 1.70. The van der Waals surface area contributed by atoms with E-state index in [2.05, 4.69) is 60.7 Å². The number of nitrogens with zero attached hydrogens (tertiary/aromatic N) is 2. The number of thiophene rings is 1. The van der Waals surface area contributed by atoms with Crippen molar-refractivity contribution in [1.82, 2.24) is 15.3 Å². The van der Waals surface area contributed by atoms with E-state index in [-0.39, 0.29) is 6.10 Å². The van der Waals surface area contributed by atoms with Gasteiger partial charge in [0.2, 0.25) is 5.95 Å². The molecule has 0 spiro atoms. The summed E-state index contributed by atoms with van der Waals surface area (Å²) in [5, 5.41) is 6.88. The summed E-state index contributed by atoms with van der Waals surface area (Å²) in [5.41, 5.74) is 5.26. The van der Waals surface area contributed by atoms with E-state index in [1.54, 1.807) is 18.4 Å². The number of fused-ring (bicyclic) bond motifs is 1. The Kier molecular flexibility index (Phi) is 6.88. The number of hydrogen-bond donors (Lipinski definition) is 2. The summed E-state index contributed by atoms with van der Waals surface area (Å²) in [4.78, 5) is 10.7. The lowest BCUT2D eigenvalue weighted by molar-refractivity contribution is 0.243. The lowest BCUT2D eigenvalue weighted by atomic mass is 9.90. The van der Waals surface area contributed by atoms with Crippen molar-refractivity contribution in [2.75, 3.05) is 25.5 Å². The van der Waals surface area contributed by atoms with Gasteiger partial charge in [0.05, 0.1) is 35.3 Å². The maximum Gasteiger partial charge on any atom is 0.227 e. The second-order valence-corrected chi connectivity index (χ2v) is 10.5. The predicted molar refractivity (Wildman–Crippen MR) is 144 cm³/mol. The van der Waals surface area contributed by atoms with Gasteiger partial charge < -0.3 is 20.1 Å². The minimum absolute atomic E-state index is 0.0684. The molecule has 1 aliphatic heterocycles. The summed E-state index contributed by atoms with van der Waals surface area (Å²) in [7, 11) is 1.70. The van der Waals surface area contributed by atoms with E-state index in [9.17, 15) is 0 Å². The molecular formula is C28H32N4O2S. The van der Waals surface area contributed by atoms with Crippen LogP contribution in [0.4, 0.5) is 11.6 Å². The minimum atomic E-state index is 0.0684. The van der Waals surface area contributed by atoms with Gasteiger partial charge in [-0.25, -0.2) is 9.97 Å². The zero-order valence-corrected chi connectivity index (χ0v) is 21.5. The molecule has 0 bridgehead atoms. The number of nitrogens with one attached hydrogen (secondary N) is 2. The largest absolute Gasteiger partial charge is 0.496 e. The van der Waals surface area contributed by atoms with Crippen molar-refractivity contribution in [2.45, 2.75) is 45.6 Å². The predicted octanol–water partition coefficient (Wildman–Crippen LogP) is 6.67. The third-order valence-electron chi connectivity index (χ3n) is 6.41. The highest BCUT2D eigenvalue weighted by atomic mass is 32.1. The Balaban J connectivity index is 1.51. The maximum atomic E-state index is 6.22. The lowest BCUT2D eigenvalue weighted by Crippen LogP contribution is -2.26. The maximum absolute atomic E-state index is 6.22. The van der Waals surface area contributed by atoms with Gasteiger partial charge in [-0.3, -0.25) is 0 Å². The Morgan fingerprint density at radius 1 is 1.09 bits per heavy atom. The van der Waals surface area contributed by atoms with E-state index in [4.69, 9.17) is 14.5 Å². The molecule has 182 valence electrons. The van der Waals surface area contributed by atoms with Gasteiger partial charge in [-0.05, 0) is 76.4 Å². The highest BCUT2D eigenvalue weighted by Gasteiger charge is 2.20. The lowest BCUT2D eigenvalue weighted by Gasteiger charge is -2.24. The van der Waals surface area contributed by atoms with Crippen LogP contribution in [0.3, 0.4) is 0 Å². The van der Waals surface area contributed by atoms with Crippen molar-refractivity contribution < 1.29 is 9.47 Å². The molecule has 5 rings (SSSR count). The van der Waals surface area contributed by atoms with Crippen LogP contribution in [0.5, 0.6) is 11.5 Å². The number of hydrogen-bond acceptors (Lipinski definition) is 7. The second-order valence-electron chi connectivity index (χ2n) is 9.21. The second kappa shape index (κ2) is 10.2. The van der Waals surface area contributed by atoms with Crippen LogP contribution in [0.2, 0.25) is 0 Å². The van der Waals surface area contributed by atoms with Crippen molar-refractivity contribution in [2.24, 2.45) is 0 Å². The summed E-state index contributed by atoms with van der Waals surface area (Å²) in [6.07, 6.45) is 4.26. The van der Waals surface area contributed by atoms with Crippen molar-refractivity contribution in [3.05, 3.63) is 59.1 Å². The van der Waals surface area contributed by atoms with Crippen molar-refractivity contribution in [3.63, 3.8) is 0 Å². The van der Waals surface area contributed by atoms with Crippen LogP contribution in [-0.4, -0.2) is 36.3 Å². The van der Waals surface area contributed by atoms with Crippen molar-refractivity contribution in [3.8, 4) is 22.6 Å². The first kappa shape index (κ1) is 23.6. The molecule has 2 N–H and O–H groups in total. The summed E-state index contributed by atoms with van der Waals surface area (Å²) < 4.78 is 12.9. The van der Waals surface area contributed by atoms with E-state index < -0.39 is 0 Å². The Morgan fingerprint density at radius 3 is 2.66 bits per heavy atom. The number of ether oxygens (including phenoxy) is 2. The smallest absolute Gasteiger partial charge is 0.227 e. The molecule has 1 fully saturated rings. The normalized spacial score (nSPS) is 14.4. The molecule has 35 heavy (non-hydrogen) atoms. The van der Waals surface area contributed by atoms with Gasteiger partial charge in [-0.2, -0.15) is 0 Å². The van der Waals surface area contributed by atoms with Crippen molar-refractivity contribution in [1.29, 1.82) is 0 Å². The molecular weight excluding hydrogens is 456 g/mol. The number of aromatic nitrogens is 2. The molecule has 7 heteroatoms. The molecule has 0 atom stereocenters. The van der Waals surface area contributed by atoms with Gasteiger partial charge >= 0.3 is 0 Å². The molecule has 0 amide bonds. The van der Waals surface area contributed by atoms with Gasteiger partial charge in [0.15, 0.2) is 0 Å². The fraction of sp³-hybridized carbons (Fsp3) is 0.357. The zero-order valence-electron chi connectivity index (χ0n) is 20.7. The van der Waals surface area contributed by atoms with Gasteiger partial charge in [-0.15, -0.1) is 11.3 Å². The molecule has 0 aliphatic carbocycles. The molecule has 0 saturated carbocycles. The van der Waals surface area contributed by atoms with Gasteiger partial charge in [0.1, 0.15) is 11.5 Å². The number of methoxy groups -OCH3 is 1. The Hall–Kier alpha value is -3.16. The van der Waals surface area contributed by atoms with Crippen LogP contribution in [0, 0.1) is 6.92 Å². The number of piperidine rings is 1. The van der Waals surface area contributed by atoms with Gasteiger partial charge in [-0.1, -0.05) is 24.3 Å². The molecule has 2 aromatic carbocycles. The topological polar surface area (TPSA) is 68.3 Å². The van der Waals surface area contributed by atoms with Gasteiger partial charge in [0.25, 0.3) is 0 Å². The Morgan fingerprint density at radius 2 is 1.89 bits per heavy atom. The number of rotatable bonds is 7. The van der Waals surface area contributed by atoms with Crippen LogP contribution in [0.25, 0.3) is 21.3 Å². The van der Waals surface area contributed by atoms with E-state index in [0.29, 0.717) is 11.9 Å². The molecule has 0 unspecified atom stereocenters. The number of anilines is 2. The third kappa shape index (κ3) is 4.97. The molecule has 1 saturated heterocycles. The SMILES string of the molecule is COc1ccccc1-c1c(C)sc2cnc(Nc3ccc(C4CCNCC4)cc3OC(C)C)nc12. The Bertz CT molecular complexity index is 1330. The molecule has 2 aromatic heterocycles. The van der Waals surface area contributed by atoms with E-state index in [1.165, 1.54) is 10.4 Å². The third-order valence-corrected chi connectivity index (χ3v) is 7.44. The van der Waals surface area contributed by atoms with Crippen LogP contribution >= 0.6 is 11.3 Å². The van der Waals surface area contributed by atoms with Crippen LogP contribution in [0.15, 0.2) is 48.7 Å². The van der Waals surface area contributed by atoms with E-state index in [1.807, 2.05) is 24.4 Å². The quantitative estimate of drug-likeness (QED) is 0.303. The highest BCUT2D eigenvalue weighted by Crippen LogP contribution is 2.41. The molecule has 0 radical (unpaired) electrons. The minimum Gasteiger partial charge on any atom is -0.496 e. The van der Waals surface area contributed by atoms with Gasteiger partial charge in [0, 0.05) is 16.0 Å². The summed E-state index contributed by atoms with van der Waals surface area (Å²) in [6.45, 7) is 8.35. The first-order valence-corrected chi connectivity index (χ1v) is 13.0. The highest BCUT2D eigenvalue weighted by molar-refractivity contribution is 7.19. The average Bonchev–Trinajstić information content (AvgIpc) is 3.20. The molecule has 4 aromatic rings. The fourth-order valence-corrected chi connectivity index (χ4v) is 5.75. The average molecular weight is 489 g/mol. The van der Waals surface area contributed by atoms with E-state index >= 15 is 0 Å². The first-order valence-electron chi connectivity index (χ1n) is 12.2. The Labute approximate surface area is 210 Å². The number of aryl methyl sites for hydroxylation is 1. The van der Waals surface area contributed by atoms with Crippen molar-refractivity contribution >= 4 is 33.2 Å². The van der Waals surface area contributed by atoms with Crippen LogP contribution in [-0.2, 0) is 0 Å². The van der Waals surface area contributed by atoms with E-state index in [0.717, 1.165) is 64.5 Å². The number of benzene rings is 2. The molecule has 3 heterocycles. The van der Waals surface area contributed by atoms with Crippen LogP contribution < -0.4 is 20.1 Å². The first-order chi connectivity index (χ1) is 17.0.